The van der Waals surface area contributed by atoms with Gasteiger partial charge in [-0.1, -0.05) is 0 Å². The first-order valence-electron chi connectivity index (χ1n) is 5.32. The molecule has 1 saturated carbocycles. The lowest BCUT2D eigenvalue weighted by atomic mass is 9.83. The number of aliphatic hydroxyl groups excluding tert-OH is 1. The zero-order valence-electron chi connectivity index (χ0n) is 8.41. The maximum atomic E-state index is 10.4. The lowest BCUT2D eigenvalue weighted by Crippen LogP contribution is -2.36. The van der Waals surface area contributed by atoms with Gasteiger partial charge >= 0.3 is 6.09 Å². The Labute approximate surface area is 84.3 Å². The maximum Gasteiger partial charge on any atom is 0.404 e. The van der Waals surface area contributed by atoms with Crippen molar-refractivity contribution in [2.45, 2.75) is 44.6 Å². The predicted octanol–water partition coefficient (Wildman–Crippen LogP) is 1.59. The molecule has 0 aromatic rings. The number of nitrogens with one attached hydrogen (secondary N) is 1. The summed E-state index contributed by atoms with van der Waals surface area (Å²) in [4.78, 5) is 10.4. The van der Waals surface area contributed by atoms with Crippen molar-refractivity contribution in [2.75, 3.05) is 6.61 Å². The maximum absolute atomic E-state index is 10.4. The van der Waals surface area contributed by atoms with Crippen LogP contribution in [-0.4, -0.2) is 29.0 Å². The summed E-state index contributed by atoms with van der Waals surface area (Å²) in [6.45, 7) is 0.271. The molecule has 0 atom stereocenters. The highest BCUT2D eigenvalue weighted by atomic mass is 16.4. The molecular formula is C10H19NO3. The molecule has 0 radical (unpaired) electrons. The van der Waals surface area contributed by atoms with E-state index in [9.17, 15) is 4.79 Å². The van der Waals surface area contributed by atoms with E-state index in [1.165, 1.54) is 0 Å². The van der Waals surface area contributed by atoms with Gasteiger partial charge in [-0.3, -0.25) is 0 Å². The van der Waals surface area contributed by atoms with Crippen LogP contribution >= 0.6 is 0 Å². The largest absolute Gasteiger partial charge is 0.465 e. The number of rotatable bonds is 4. The SMILES string of the molecule is O=C(O)N[C@H]1CC[C@H](CCCO)CC1. The van der Waals surface area contributed by atoms with Gasteiger partial charge in [0, 0.05) is 12.6 Å². The van der Waals surface area contributed by atoms with Crippen molar-refractivity contribution in [3.63, 3.8) is 0 Å². The van der Waals surface area contributed by atoms with Gasteiger partial charge in [-0.25, -0.2) is 4.79 Å². The fraction of sp³-hybridized carbons (Fsp3) is 0.900. The zero-order chi connectivity index (χ0) is 10.4. The lowest BCUT2D eigenvalue weighted by molar-refractivity contribution is 0.180. The highest BCUT2D eigenvalue weighted by Gasteiger charge is 2.21. The summed E-state index contributed by atoms with van der Waals surface area (Å²) in [5.74, 6) is 0.689. The first kappa shape index (κ1) is 11.3. The van der Waals surface area contributed by atoms with E-state index in [0.717, 1.165) is 38.5 Å². The quantitative estimate of drug-likeness (QED) is 0.647. The summed E-state index contributed by atoms with van der Waals surface area (Å²) in [6.07, 6.45) is 5.11. The second-order valence-corrected chi connectivity index (χ2v) is 4.03. The van der Waals surface area contributed by atoms with Gasteiger partial charge in [0.15, 0.2) is 0 Å². The molecule has 4 nitrogen and oxygen atoms in total. The van der Waals surface area contributed by atoms with Gasteiger partial charge in [0.2, 0.25) is 0 Å². The molecule has 0 spiro atoms. The van der Waals surface area contributed by atoms with Gasteiger partial charge in [-0.05, 0) is 44.4 Å². The third-order valence-corrected chi connectivity index (χ3v) is 2.94. The third kappa shape index (κ3) is 3.96. The molecule has 0 aromatic heterocycles. The van der Waals surface area contributed by atoms with Gasteiger partial charge in [0.25, 0.3) is 0 Å². The van der Waals surface area contributed by atoms with Crippen LogP contribution < -0.4 is 5.32 Å². The minimum atomic E-state index is -0.913. The van der Waals surface area contributed by atoms with Crippen LogP contribution in [0.3, 0.4) is 0 Å². The van der Waals surface area contributed by atoms with Crippen LogP contribution in [0.4, 0.5) is 4.79 Å². The van der Waals surface area contributed by atoms with E-state index in [4.69, 9.17) is 10.2 Å². The van der Waals surface area contributed by atoms with E-state index < -0.39 is 6.09 Å². The average molecular weight is 201 g/mol. The second-order valence-electron chi connectivity index (χ2n) is 4.03. The lowest BCUT2D eigenvalue weighted by Gasteiger charge is -2.28. The molecule has 1 aliphatic carbocycles. The molecule has 1 aliphatic rings. The number of aliphatic hydroxyl groups is 1. The van der Waals surface area contributed by atoms with Crippen LogP contribution in [0.2, 0.25) is 0 Å². The molecule has 0 heterocycles. The van der Waals surface area contributed by atoms with E-state index in [2.05, 4.69) is 5.32 Å². The number of hydrogen-bond donors (Lipinski definition) is 3. The van der Waals surface area contributed by atoms with E-state index >= 15 is 0 Å². The number of carbonyl (C=O) groups is 1. The first-order chi connectivity index (χ1) is 6.72. The van der Waals surface area contributed by atoms with Crippen LogP contribution in [0.1, 0.15) is 38.5 Å². The Hall–Kier alpha value is -0.770. The Bertz CT molecular complexity index is 176. The van der Waals surface area contributed by atoms with Crippen molar-refractivity contribution in [1.82, 2.24) is 5.32 Å². The molecule has 0 aromatic carbocycles. The van der Waals surface area contributed by atoms with E-state index in [1.807, 2.05) is 0 Å². The normalized spacial score (nSPS) is 27.2. The number of amides is 1. The Morgan fingerprint density at radius 1 is 1.29 bits per heavy atom. The third-order valence-electron chi connectivity index (χ3n) is 2.94. The topological polar surface area (TPSA) is 69.6 Å². The summed E-state index contributed by atoms with van der Waals surface area (Å²) in [5, 5.41) is 19.7. The Morgan fingerprint density at radius 3 is 2.43 bits per heavy atom. The molecule has 0 saturated heterocycles. The second kappa shape index (κ2) is 5.86. The molecule has 14 heavy (non-hydrogen) atoms. The summed E-state index contributed by atoms with van der Waals surface area (Å²) >= 11 is 0. The molecule has 0 unspecified atom stereocenters. The van der Waals surface area contributed by atoms with Crippen LogP contribution in [-0.2, 0) is 0 Å². The minimum absolute atomic E-state index is 0.151. The monoisotopic (exact) mass is 201 g/mol. The highest BCUT2D eigenvalue weighted by molar-refractivity contribution is 5.64. The highest BCUT2D eigenvalue weighted by Crippen LogP contribution is 2.27. The van der Waals surface area contributed by atoms with E-state index in [1.54, 1.807) is 0 Å². The molecule has 82 valence electrons. The summed E-state index contributed by atoms with van der Waals surface area (Å²) in [7, 11) is 0. The smallest absolute Gasteiger partial charge is 0.404 e. The number of carboxylic acid groups (broad SMARTS) is 1. The molecule has 0 bridgehead atoms. The average Bonchev–Trinajstić information content (AvgIpc) is 2.16. The summed E-state index contributed by atoms with van der Waals surface area (Å²) in [6, 6.07) is 0.151. The van der Waals surface area contributed by atoms with Crippen LogP contribution in [0.5, 0.6) is 0 Å². The van der Waals surface area contributed by atoms with Gasteiger partial charge in [0.05, 0.1) is 0 Å². The standard InChI is InChI=1S/C10H19NO3/c12-7-1-2-8-3-5-9(6-4-8)11-10(13)14/h8-9,11-12H,1-7H2,(H,13,14)/t8-,9-. The van der Waals surface area contributed by atoms with Crippen molar-refractivity contribution in [2.24, 2.45) is 5.92 Å². The molecular weight excluding hydrogens is 182 g/mol. The number of hydrogen-bond acceptors (Lipinski definition) is 2. The molecule has 1 amide bonds. The molecule has 1 fully saturated rings. The van der Waals surface area contributed by atoms with Gasteiger partial charge in [-0.2, -0.15) is 0 Å². The Balaban J connectivity index is 2.14. The minimum Gasteiger partial charge on any atom is -0.465 e. The zero-order valence-corrected chi connectivity index (χ0v) is 8.41. The van der Waals surface area contributed by atoms with Crippen molar-refractivity contribution in [3.05, 3.63) is 0 Å². The molecule has 1 rings (SSSR count). The van der Waals surface area contributed by atoms with Crippen molar-refractivity contribution < 1.29 is 15.0 Å². The Kier molecular flexibility index (Phi) is 4.73. The van der Waals surface area contributed by atoms with Crippen molar-refractivity contribution >= 4 is 6.09 Å². The molecule has 4 heteroatoms. The fourth-order valence-corrected chi connectivity index (χ4v) is 2.15. The fourth-order valence-electron chi connectivity index (χ4n) is 2.15. The predicted molar refractivity (Wildman–Crippen MR) is 53.2 cm³/mol. The summed E-state index contributed by atoms with van der Waals surface area (Å²) < 4.78 is 0. The van der Waals surface area contributed by atoms with Crippen LogP contribution in [0.25, 0.3) is 0 Å². The molecule has 3 N–H and O–H groups in total. The van der Waals surface area contributed by atoms with Gasteiger partial charge < -0.3 is 15.5 Å². The van der Waals surface area contributed by atoms with E-state index in [0.29, 0.717) is 5.92 Å². The summed E-state index contributed by atoms with van der Waals surface area (Å²) in [5.41, 5.74) is 0. The van der Waals surface area contributed by atoms with Gasteiger partial charge in [0.1, 0.15) is 0 Å². The van der Waals surface area contributed by atoms with Gasteiger partial charge in [-0.15, -0.1) is 0 Å². The van der Waals surface area contributed by atoms with Crippen LogP contribution in [0, 0.1) is 5.92 Å². The van der Waals surface area contributed by atoms with E-state index in [-0.39, 0.29) is 12.6 Å². The Morgan fingerprint density at radius 2 is 1.93 bits per heavy atom. The van der Waals surface area contributed by atoms with Crippen molar-refractivity contribution in [1.29, 1.82) is 0 Å². The van der Waals surface area contributed by atoms with Crippen molar-refractivity contribution in [3.8, 4) is 0 Å². The van der Waals surface area contributed by atoms with Crippen LogP contribution in [0.15, 0.2) is 0 Å². The first-order valence-corrected chi connectivity index (χ1v) is 5.32. The molecule has 0 aliphatic heterocycles.